The highest BCUT2D eigenvalue weighted by molar-refractivity contribution is 5.85. The number of nitrogens with one attached hydrogen (secondary N) is 1. The molecule has 136 valence electrons. The molecule has 10 heteroatoms. The number of benzene rings is 1. The van der Waals surface area contributed by atoms with Crippen molar-refractivity contribution in [3.05, 3.63) is 39.5 Å². The second-order valence-corrected chi connectivity index (χ2v) is 5.56. The van der Waals surface area contributed by atoms with Gasteiger partial charge in [0.2, 0.25) is 5.89 Å². The van der Waals surface area contributed by atoms with Gasteiger partial charge in [-0.05, 0) is 20.0 Å². The van der Waals surface area contributed by atoms with Crippen LogP contribution in [0.1, 0.15) is 24.2 Å². The Bertz CT molecular complexity index is 752. The fourth-order valence-corrected chi connectivity index (χ4v) is 2.42. The summed E-state index contributed by atoms with van der Waals surface area (Å²) >= 11 is 0. The number of fused-ring (bicyclic) bond motifs is 1. The standard InChI is InChI=1S/C15H18N4O5.ClH/c1-9(16-2)5-14-17-15(24-18-14)7-10-6-12-13(23-4-3-22-12)8-11(10)19(20)21;/h6,8-9,16H,3-5,7H2,1-2H3;1H. The topological polar surface area (TPSA) is 113 Å². The lowest BCUT2D eigenvalue weighted by Gasteiger charge is -2.18. The molecular formula is C15H19ClN4O5. The lowest BCUT2D eigenvalue weighted by atomic mass is 10.1. The van der Waals surface area contributed by atoms with E-state index in [1.807, 2.05) is 14.0 Å². The minimum absolute atomic E-state index is 0. The van der Waals surface area contributed by atoms with Crippen LogP contribution in [-0.2, 0) is 12.8 Å². The maximum absolute atomic E-state index is 11.3. The van der Waals surface area contributed by atoms with Gasteiger partial charge in [-0.1, -0.05) is 5.16 Å². The molecule has 3 rings (SSSR count). The SMILES string of the molecule is CNC(C)Cc1noc(Cc2cc3c(cc2[N+](=O)[O-])OCCO3)n1.Cl. The Morgan fingerprint density at radius 2 is 2.00 bits per heavy atom. The molecule has 0 radical (unpaired) electrons. The van der Waals surface area contributed by atoms with Gasteiger partial charge in [-0.15, -0.1) is 12.4 Å². The lowest BCUT2D eigenvalue weighted by Crippen LogP contribution is -2.24. The van der Waals surface area contributed by atoms with Crippen LogP contribution < -0.4 is 14.8 Å². The molecule has 1 aliphatic rings. The van der Waals surface area contributed by atoms with Gasteiger partial charge in [-0.3, -0.25) is 10.1 Å². The average Bonchev–Trinajstić information content (AvgIpc) is 3.00. The first kappa shape index (κ1) is 18.9. The minimum atomic E-state index is -0.450. The van der Waals surface area contributed by atoms with Crippen molar-refractivity contribution in [3.8, 4) is 11.5 Å². The number of nitro groups is 1. The molecule has 0 amide bonds. The maximum Gasteiger partial charge on any atom is 0.277 e. The number of hydrogen-bond donors (Lipinski definition) is 1. The summed E-state index contributed by atoms with van der Waals surface area (Å²) in [4.78, 5) is 15.2. The lowest BCUT2D eigenvalue weighted by molar-refractivity contribution is -0.385. The third-order valence-corrected chi connectivity index (χ3v) is 3.77. The van der Waals surface area contributed by atoms with Crippen LogP contribution in [0, 0.1) is 10.1 Å². The molecule has 0 fully saturated rings. The summed E-state index contributed by atoms with van der Waals surface area (Å²) in [6, 6.07) is 3.19. The second-order valence-electron chi connectivity index (χ2n) is 5.56. The Morgan fingerprint density at radius 3 is 2.64 bits per heavy atom. The second kappa shape index (κ2) is 8.13. The number of ether oxygens (including phenoxy) is 2. The van der Waals surface area contributed by atoms with Crippen molar-refractivity contribution >= 4 is 18.1 Å². The average molecular weight is 371 g/mol. The fourth-order valence-electron chi connectivity index (χ4n) is 2.42. The van der Waals surface area contributed by atoms with E-state index in [2.05, 4.69) is 15.5 Å². The molecule has 25 heavy (non-hydrogen) atoms. The predicted molar refractivity (Wildman–Crippen MR) is 90.7 cm³/mol. The van der Waals surface area contributed by atoms with Crippen LogP contribution >= 0.6 is 12.4 Å². The van der Waals surface area contributed by atoms with Gasteiger partial charge in [-0.25, -0.2) is 0 Å². The maximum atomic E-state index is 11.3. The number of nitro benzene ring substituents is 1. The van der Waals surface area contributed by atoms with E-state index in [4.69, 9.17) is 14.0 Å². The van der Waals surface area contributed by atoms with E-state index in [1.54, 1.807) is 6.07 Å². The first-order valence-electron chi connectivity index (χ1n) is 7.62. The van der Waals surface area contributed by atoms with Gasteiger partial charge in [-0.2, -0.15) is 4.98 Å². The Kier molecular flexibility index (Phi) is 6.16. The monoisotopic (exact) mass is 370 g/mol. The van der Waals surface area contributed by atoms with Gasteiger partial charge in [0.15, 0.2) is 17.3 Å². The van der Waals surface area contributed by atoms with Crippen LogP contribution in [0.4, 0.5) is 5.69 Å². The first-order valence-corrected chi connectivity index (χ1v) is 7.62. The van der Waals surface area contributed by atoms with Crippen molar-refractivity contribution in [1.82, 2.24) is 15.5 Å². The summed E-state index contributed by atoms with van der Waals surface area (Å²) in [5.74, 6) is 1.76. The molecule has 1 unspecified atom stereocenters. The molecular weight excluding hydrogens is 352 g/mol. The zero-order valence-electron chi connectivity index (χ0n) is 13.9. The van der Waals surface area contributed by atoms with Crippen LogP contribution in [0.15, 0.2) is 16.7 Å². The van der Waals surface area contributed by atoms with E-state index in [-0.39, 0.29) is 30.6 Å². The molecule has 9 nitrogen and oxygen atoms in total. The fraction of sp³-hybridized carbons (Fsp3) is 0.467. The van der Waals surface area contributed by atoms with Crippen LogP contribution in [0.25, 0.3) is 0 Å². The van der Waals surface area contributed by atoms with E-state index < -0.39 is 4.92 Å². The molecule has 1 aromatic carbocycles. The molecule has 1 aromatic heterocycles. The summed E-state index contributed by atoms with van der Waals surface area (Å²) in [6.45, 7) is 2.79. The third-order valence-electron chi connectivity index (χ3n) is 3.77. The highest BCUT2D eigenvalue weighted by Gasteiger charge is 2.24. The minimum Gasteiger partial charge on any atom is -0.486 e. The van der Waals surface area contributed by atoms with Crippen molar-refractivity contribution in [3.63, 3.8) is 0 Å². The van der Waals surface area contributed by atoms with Crippen LogP contribution in [-0.4, -0.2) is 41.4 Å². The zero-order chi connectivity index (χ0) is 17.1. The number of aromatic nitrogens is 2. The van der Waals surface area contributed by atoms with Gasteiger partial charge in [0, 0.05) is 18.0 Å². The van der Waals surface area contributed by atoms with Crippen molar-refractivity contribution in [2.75, 3.05) is 20.3 Å². The van der Waals surface area contributed by atoms with Crippen molar-refractivity contribution in [2.24, 2.45) is 0 Å². The van der Waals surface area contributed by atoms with Gasteiger partial charge in [0.25, 0.3) is 5.69 Å². The van der Waals surface area contributed by atoms with Crippen LogP contribution in [0.2, 0.25) is 0 Å². The number of halogens is 1. The van der Waals surface area contributed by atoms with Crippen molar-refractivity contribution < 1.29 is 18.9 Å². The number of nitrogens with zero attached hydrogens (tertiary/aromatic N) is 3. The molecule has 2 aromatic rings. The Balaban J connectivity index is 0.00000225. The van der Waals surface area contributed by atoms with E-state index in [9.17, 15) is 10.1 Å². The van der Waals surface area contributed by atoms with Gasteiger partial charge >= 0.3 is 0 Å². The summed E-state index contributed by atoms with van der Waals surface area (Å²) in [5, 5.41) is 18.3. The van der Waals surface area contributed by atoms with Crippen molar-refractivity contribution in [2.45, 2.75) is 25.8 Å². The molecule has 0 saturated carbocycles. The van der Waals surface area contributed by atoms with E-state index in [0.29, 0.717) is 48.4 Å². The number of hydrogen-bond acceptors (Lipinski definition) is 8. The van der Waals surface area contributed by atoms with E-state index in [1.165, 1.54) is 6.07 Å². The number of likely N-dealkylation sites (N-methyl/N-ethyl adjacent to an activating group) is 1. The number of rotatable bonds is 6. The molecule has 0 bridgehead atoms. The molecule has 1 N–H and O–H groups in total. The van der Waals surface area contributed by atoms with Crippen molar-refractivity contribution in [1.29, 1.82) is 0 Å². The molecule has 0 spiro atoms. The summed E-state index contributed by atoms with van der Waals surface area (Å²) in [7, 11) is 1.85. The van der Waals surface area contributed by atoms with Gasteiger partial charge < -0.3 is 19.3 Å². The molecule has 0 aliphatic carbocycles. The Hall–Kier alpha value is -2.39. The van der Waals surface area contributed by atoms with Crippen LogP contribution in [0.5, 0.6) is 11.5 Å². The highest BCUT2D eigenvalue weighted by Crippen LogP contribution is 2.37. The Labute approximate surface area is 150 Å². The molecule has 1 aliphatic heterocycles. The summed E-state index contributed by atoms with van der Waals surface area (Å²) in [5.41, 5.74) is 0.392. The molecule has 2 heterocycles. The zero-order valence-corrected chi connectivity index (χ0v) is 14.7. The highest BCUT2D eigenvalue weighted by atomic mass is 35.5. The smallest absolute Gasteiger partial charge is 0.277 e. The predicted octanol–water partition coefficient (Wildman–Crippen LogP) is 1.91. The third kappa shape index (κ3) is 4.37. The van der Waals surface area contributed by atoms with Gasteiger partial charge in [0.05, 0.1) is 17.4 Å². The Morgan fingerprint density at radius 1 is 1.32 bits per heavy atom. The molecule has 1 atom stereocenters. The van der Waals surface area contributed by atoms with E-state index in [0.717, 1.165) is 0 Å². The quantitative estimate of drug-likeness (QED) is 0.606. The summed E-state index contributed by atoms with van der Waals surface area (Å²) < 4.78 is 16.1. The summed E-state index contributed by atoms with van der Waals surface area (Å²) in [6.07, 6.45) is 0.775. The van der Waals surface area contributed by atoms with Gasteiger partial charge in [0.1, 0.15) is 13.2 Å². The normalized spacial score (nSPS) is 13.8. The molecule has 0 saturated heterocycles. The van der Waals surface area contributed by atoms with Crippen LogP contribution in [0.3, 0.4) is 0 Å². The largest absolute Gasteiger partial charge is 0.486 e. The first-order chi connectivity index (χ1) is 11.6. The van der Waals surface area contributed by atoms with E-state index >= 15 is 0 Å².